The lowest BCUT2D eigenvalue weighted by molar-refractivity contribution is -0.386. The van der Waals surface area contributed by atoms with Gasteiger partial charge in [-0.2, -0.15) is 0 Å². The Kier molecular flexibility index (Phi) is 3.74. The van der Waals surface area contributed by atoms with Gasteiger partial charge in [0.05, 0.1) is 23.2 Å². The van der Waals surface area contributed by atoms with Crippen molar-refractivity contribution in [3.05, 3.63) is 39.7 Å². The number of nitro groups is 1. The normalized spacial score (nSPS) is 10.7. The molecule has 0 atom stereocenters. The summed E-state index contributed by atoms with van der Waals surface area (Å²) in [5, 5.41) is 10.6. The molecule has 1 aromatic rings. The molecule has 5 heteroatoms. The van der Waals surface area contributed by atoms with Gasteiger partial charge in [-0.3, -0.25) is 10.1 Å². The zero-order valence-corrected chi connectivity index (χ0v) is 8.57. The third-order valence-corrected chi connectivity index (χ3v) is 1.85. The van der Waals surface area contributed by atoms with Crippen LogP contribution in [0, 0.1) is 15.9 Å². The van der Waals surface area contributed by atoms with Crippen molar-refractivity contribution in [3.63, 3.8) is 0 Å². The number of hydrogen-bond donors (Lipinski definition) is 0. The molecule has 0 aliphatic rings. The smallest absolute Gasteiger partial charge is 0.277 e. The average molecular weight is 213 g/mol. The highest BCUT2D eigenvalue weighted by Crippen LogP contribution is 2.22. The first-order chi connectivity index (χ1) is 7.02. The van der Waals surface area contributed by atoms with Crippen LogP contribution in [0.15, 0.2) is 18.2 Å². The molecule has 0 bridgehead atoms. The van der Waals surface area contributed by atoms with Gasteiger partial charge in [0.15, 0.2) is 0 Å². The maximum atomic E-state index is 13.3. The van der Waals surface area contributed by atoms with Crippen molar-refractivity contribution in [1.29, 1.82) is 0 Å². The van der Waals surface area contributed by atoms with Crippen molar-refractivity contribution in [2.75, 3.05) is 0 Å². The second-order valence-corrected chi connectivity index (χ2v) is 3.35. The van der Waals surface area contributed by atoms with E-state index in [1.807, 2.05) is 0 Å². The summed E-state index contributed by atoms with van der Waals surface area (Å²) < 4.78 is 18.4. The summed E-state index contributed by atoms with van der Waals surface area (Å²) in [5.74, 6) is -0.607. The van der Waals surface area contributed by atoms with Gasteiger partial charge in [-0.1, -0.05) is 6.07 Å². The van der Waals surface area contributed by atoms with Crippen LogP contribution in [0.3, 0.4) is 0 Å². The highest BCUT2D eigenvalue weighted by atomic mass is 19.1. The quantitative estimate of drug-likeness (QED) is 0.570. The maximum Gasteiger partial charge on any atom is 0.277 e. The number of rotatable bonds is 4. The van der Waals surface area contributed by atoms with Gasteiger partial charge in [0.1, 0.15) is 5.82 Å². The van der Waals surface area contributed by atoms with Gasteiger partial charge < -0.3 is 4.74 Å². The Balaban J connectivity index is 2.97. The molecule has 0 aliphatic heterocycles. The molecule has 0 unspecified atom stereocenters. The molecule has 1 rings (SSSR count). The molecule has 0 N–H and O–H groups in total. The van der Waals surface area contributed by atoms with Crippen LogP contribution in [-0.4, -0.2) is 11.0 Å². The molecule has 0 fully saturated rings. The number of nitro benzene ring substituents is 1. The highest BCUT2D eigenvalue weighted by molar-refractivity contribution is 5.40. The molecule has 0 amide bonds. The first-order valence-corrected chi connectivity index (χ1v) is 4.55. The molecule has 0 aliphatic carbocycles. The number of nitrogens with zero attached hydrogens (tertiary/aromatic N) is 1. The Morgan fingerprint density at radius 2 is 2.20 bits per heavy atom. The molecule has 0 heterocycles. The summed E-state index contributed by atoms with van der Waals surface area (Å²) in [5.41, 5.74) is -0.244. The fourth-order valence-corrected chi connectivity index (χ4v) is 1.11. The maximum absolute atomic E-state index is 13.3. The van der Waals surface area contributed by atoms with E-state index in [4.69, 9.17) is 4.74 Å². The van der Waals surface area contributed by atoms with Gasteiger partial charge in [-0.05, 0) is 19.9 Å². The molecular formula is C10H12FNO3. The van der Waals surface area contributed by atoms with E-state index in [0.717, 1.165) is 0 Å². The fraction of sp³-hybridized carbons (Fsp3) is 0.400. The molecular weight excluding hydrogens is 201 g/mol. The van der Waals surface area contributed by atoms with E-state index in [9.17, 15) is 14.5 Å². The van der Waals surface area contributed by atoms with Crippen LogP contribution >= 0.6 is 0 Å². The van der Waals surface area contributed by atoms with Crippen LogP contribution in [-0.2, 0) is 11.3 Å². The van der Waals surface area contributed by atoms with Crippen molar-refractivity contribution >= 4 is 5.69 Å². The molecule has 0 aromatic heterocycles. The van der Waals surface area contributed by atoms with Crippen molar-refractivity contribution in [2.24, 2.45) is 0 Å². The van der Waals surface area contributed by atoms with Crippen molar-refractivity contribution in [1.82, 2.24) is 0 Å². The number of benzene rings is 1. The summed E-state index contributed by atoms with van der Waals surface area (Å²) in [6.07, 6.45) is -0.0933. The predicted molar refractivity (Wildman–Crippen MR) is 53.0 cm³/mol. The molecule has 0 saturated carbocycles. The van der Waals surface area contributed by atoms with Gasteiger partial charge in [-0.25, -0.2) is 4.39 Å². The number of halogens is 1. The minimum atomic E-state index is -0.609. The van der Waals surface area contributed by atoms with Crippen LogP contribution in [0.25, 0.3) is 0 Å². The van der Waals surface area contributed by atoms with Crippen LogP contribution in [0.1, 0.15) is 19.4 Å². The van der Waals surface area contributed by atoms with Gasteiger partial charge in [0, 0.05) is 6.07 Å². The van der Waals surface area contributed by atoms with Crippen molar-refractivity contribution < 1.29 is 14.1 Å². The van der Waals surface area contributed by atoms with Gasteiger partial charge in [-0.15, -0.1) is 0 Å². The summed E-state index contributed by atoms with van der Waals surface area (Å²) in [6.45, 7) is 3.49. The van der Waals surface area contributed by atoms with Crippen molar-refractivity contribution in [3.8, 4) is 0 Å². The monoisotopic (exact) mass is 213 g/mol. The summed E-state index contributed by atoms with van der Waals surface area (Å²) in [4.78, 5) is 9.99. The van der Waals surface area contributed by atoms with E-state index < -0.39 is 10.7 Å². The summed E-state index contributed by atoms with van der Waals surface area (Å²) in [7, 11) is 0. The molecule has 15 heavy (non-hydrogen) atoms. The summed E-state index contributed by atoms with van der Waals surface area (Å²) in [6, 6.07) is 3.76. The minimum absolute atomic E-state index is 0.00352. The van der Waals surface area contributed by atoms with E-state index in [2.05, 4.69) is 0 Å². The van der Waals surface area contributed by atoms with E-state index in [-0.39, 0.29) is 24.0 Å². The first-order valence-electron chi connectivity index (χ1n) is 4.55. The van der Waals surface area contributed by atoms with E-state index in [1.54, 1.807) is 13.8 Å². The van der Waals surface area contributed by atoms with Gasteiger partial charge in [0.25, 0.3) is 5.69 Å². The second-order valence-electron chi connectivity index (χ2n) is 3.35. The lowest BCUT2D eigenvalue weighted by Crippen LogP contribution is -2.06. The number of ether oxygens (including phenoxy) is 1. The molecule has 82 valence electrons. The van der Waals surface area contributed by atoms with Crippen LogP contribution in [0.4, 0.5) is 10.1 Å². The number of hydrogen-bond acceptors (Lipinski definition) is 3. The largest absolute Gasteiger partial charge is 0.374 e. The summed E-state index contributed by atoms with van der Waals surface area (Å²) >= 11 is 0. The molecule has 0 radical (unpaired) electrons. The van der Waals surface area contributed by atoms with E-state index in [1.165, 1.54) is 18.2 Å². The van der Waals surface area contributed by atoms with E-state index >= 15 is 0 Å². The van der Waals surface area contributed by atoms with Gasteiger partial charge >= 0.3 is 0 Å². The average Bonchev–Trinajstić information content (AvgIpc) is 2.15. The Bertz CT molecular complexity index is 366. The topological polar surface area (TPSA) is 52.4 Å². The van der Waals surface area contributed by atoms with Gasteiger partial charge in [0.2, 0.25) is 0 Å². The fourth-order valence-electron chi connectivity index (χ4n) is 1.11. The minimum Gasteiger partial charge on any atom is -0.374 e. The molecule has 1 aromatic carbocycles. The Labute approximate surface area is 86.8 Å². The Hall–Kier alpha value is -1.49. The predicted octanol–water partition coefficient (Wildman–Crippen LogP) is 2.66. The lowest BCUT2D eigenvalue weighted by Gasteiger charge is -2.08. The second kappa shape index (κ2) is 4.84. The zero-order chi connectivity index (χ0) is 11.4. The SMILES string of the molecule is CC(C)OCc1c(F)cccc1[N+](=O)[O-]. The molecule has 4 nitrogen and oxygen atoms in total. The van der Waals surface area contributed by atoms with Crippen LogP contribution in [0.5, 0.6) is 0 Å². The molecule has 0 saturated heterocycles. The lowest BCUT2D eigenvalue weighted by atomic mass is 10.2. The Morgan fingerprint density at radius 1 is 1.53 bits per heavy atom. The standard InChI is InChI=1S/C10H12FNO3/c1-7(2)15-6-8-9(11)4-3-5-10(8)12(13)14/h3-5,7H,6H2,1-2H3. The zero-order valence-electron chi connectivity index (χ0n) is 8.57. The Morgan fingerprint density at radius 3 is 2.73 bits per heavy atom. The van der Waals surface area contributed by atoms with Crippen molar-refractivity contribution in [2.45, 2.75) is 26.6 Å². The third kappa shape index (κ3) is 2.99. The third-order valence-electron chi connectivity index (χ3n) is 1.85. The van der Waals surface area contributed by atoms with E-state index in [0.29, 0.717) is 0 Å². The first kappa shape index (κ1) is 11.6. The molecule has 0 spiro atoms. The van der Waals surface area contributed by atoms with Crippen LogP contribution < -0.4 is 0 Å². The highest BCUT2D eigenvalue weighted by Gasteiger charge is 2.17. The van der Waals surface area contributed by atoms with Crippen LogP contribution in [0.2, 0.25) is 0 Å².